The zero-order valence-electron chi connectivity index (χ0n) is 8.61. The predicted octanol–water partition coefficient (Wildman–Crippen LogP) is 0.838. The highest BCUT2D eigenvalue weighted by molar-refractivity contribution is 7.92. The summed E-state index contributed by atoms with van der Waals surface area (Å²) in [7, 11) is -3.17. The van der Waals surface area contributed by atoms with Gasteiger partial charge in [0.05, 0.1) is 10.8 Å². The van der Waals surface area contributed by atoms with E-state index in [0.29, 0.717) is 0 Å². The molecule has 0 aliphatic rings. The molecule has 14 heavy (non-hydrogen) atoms. The van der Waals surface area contributed by atoms with Crippen LogP contribution in [0.2, 0.25) is 0 Å². The van der Waals surface area contributed by atoms with Crippen molar-refractivity contribution < 1.29 is 8.42 Å². The van der Waals surface area contributed by atoms with Crippen LogP contribution in [0.4, 0.5) is 0 Å². The zero-order valence-corrected chi connectivity index (χ0v) is 9.43. The molecule has 3 N–H and O–H groups in total. The summed E-state index contributed by atoms with van der Waals surface area (Å²) in [6.45, 7) is 3.27. The van der Waals surface area contributed by atoms with Crippen LogP contribution in [0.5, 0.6) is 0 Å². The van der Waals surface area contributed by atoms with E-state index in [1.807, 2.05) is 0 Å². The van der Waals surface area contributed by atoms with Crippen LogP contribution >= 0.6 is 0 Å². The molecular formula is C9H16N2O2S. The summed E-state index contributed by atoms with van der Waals surface area (Å²) in [5, 5.41) is 0. The molecule has 0 radical (unpaired) electrons. The number of aromatic nitrogens is 1. The summed E-state index contributed by atoms with van der Waals surface area (Å²) in [4.78, 5) is 2.93. The SMILES string of the molecule is CC(C)(C(N)c1ccc[nH]1)S(C)(=O)=O. The first kappa shape index (κ1) is 11.3. The zero-order chi connectivity index (χ0) is 11.0. The van der Waals surface area contributed by atoms with Crippen LogP contribution in [0.1, 0.15) is 25.6 Å². The van der Waals surface area contributed by atoms with Gasteiger partial charge in [0.2, 0.25) is 0 Å². The number of aromatic amines is 1. The Bertz CT molecular complexity index is 392. The highest BCUT2D eigenvalue weighted by Gasteiger charge is 2.38. The number of hydrogen-bond acceptors (Lipinski definition) is 3. The van der Waals surface area contributed by atoms with Gasteiger partial charge in [-0.25, -0.2) is 8.42 Å². The second-order valence-corrected chi connectivity index (χ2v) is 6.58. The van der Waals surface area contributed by atoms with Gasteiger partial charge in [-0.15, -0.1) is 0 Å². The first-order valence-corrected chi connectivity index (χ1v) is 6.24. The van der Waals surface area contributed by atoms with Gasteiger partial charge >= 0.3 is 0 Å². The van der Waals surface area contributed by atoms with E-state index in [1.165, 1.54) is 6.26 Å². The molecule has 0 aliphatic carbocycles. The fraction of sp³-hybridized carbons (Fsp3) is 0.556. The standard InChI is InChI=1S/C9H16N2O2S/c1-9(2,14(3,12)13)8(10)7-5-4-6-11-7/h4-6,8,11H,10H2,1-3H3. The fourth-order valence-corrected chi connectivity index (χ4v) is 1.73. The van der Waals surface area contributed by atoms with E-state index in [-0.39, 0.29) is 0 Å². The summed E-state index contributed by atoms with van der Waals surface area (Å²) in [6, 6.07) is 3.05. The van der Waals surface area contributed by atoms with Crippen molar-refractivity contribution in [2.45, 2.75) is 24.6 Å². The topological polar surface area (TPSA) is 76.0 Å². The van der Waals surface area contributed by atoms with Crippen LogP contribution in [0, 0.1) is 0 Å². The van der Waals surface area contributed by atoms with E-state index < -0.39 is 20.6 Å². The van der Waals surface area contributed by atoms with Gasteiger partial charge in [0.1, 0.15) is 0 Å². The lowest BCUT2D eigenvalue weighted by atomic mass is 10.0. The molecule has 0 saturated heterocycles. The third kappa shape index (κ3) is 1.83. The Kier molecular flexibility index (Phi) is 2.74. The van der Waals surface area contributed by atoms with Crippen molar-refractivity contribution in [3.05, 3.63) is 24.0 Å². The molecule has 0 saturated carbocycles. The molecule has 0 aliphatic heterocycles. The maximum atomic E-state index is 11.5. The smallest absolute Gasteiger partial charge is 0.154 e. The number of sulfone groups is 1. The first-order chi connectivity index (χ1) is 6.27. The van der Waals surface area contributed by atoms with Crippen LogP contribution in [0.25, 0.3) is 0 Å². The molecule has 1 atom stereocenters. The molecular weight excluding hydrogens is 200 g/mol. The van der Waals surface area contributed by atoms with Crippen molar-refractivity contribution in [1.82, 2.24) is 4.98 Å². The molecule has 0 fully saturated rings. The van der Waals surface area contributed by atoms with Crippen molar-refractivity contribution >= 4 is 9.84 Å². The molecule has 1 unspecified atom stereocenters. The largest absolute Gasteiger partial charge is 0.364 e. The van der Waals surface area contributed by atoms with Gasteiger partial charge < -0.3 is 10.7 Å². The van der Waals surface area contributed by atoms with E-state index in [0.717, 1.165) is 5.69 Å². The lowest BCUT2D eigenvalue weighted by molar-refractivity contribution is 0.491. The maximum absolute atomic E-state index is 11.5. The lowest BCUT2D eigenvalue weighted by Crippen LogP contribution is -2.42. The van der Waals surface area contributed by atoms with Gasteiger partial charge in [-0.2, -0.15) is 0 Å². The molecule has 1 aromatic rings. The quantitative estimate of drug-likeness (QED) is 0.786. The minimum Gasteiger partial charge on any atom is -0.364 e. The summed E-state index contributed by atoms with van der Waals surface area (Å²) >= 11 is 0. The molecule has 0 aromatic carbocycles. The Morgan fingerprint density at radius 1 is 1.50 bits per heavy atom. The number of nitrogens with two attached hydrogens (primary N) is 1. The predicted molar refractivity (Wildman–Crippen MR) is 56.6 cm³/mol. The average Bonchev–Trinajstić information content (AvgIpc) is 2.52. The summed E-state index contributed by atoms with van der Waals surface area (Å²) in [5.41, 5.74) is 6.63. The summed E-state index contributed by atoms with van der Waals surface area (Å²) < 4.78 is 22.0. The molecule has 0 bridgehead atoms. The second-order valence-electron chi connectivity index (χ2n) is 3.98. The lowest BCUT2D eigenvalue weighted by Gasteiger charge is -2.28. The fourth-order valence-electron chi connectivity index (χ4n) is 1.14. The third-order valence-corrected chi connectivity index (χ3v) is 4.83. The Morgan fingerprint density at radius 3 is 2.43 bits per heavy atom. The molecule has 0 spiro atoms. The summed E-state index contributed by atoms with van der Waals surface area (Å²) in [5.74, 6) is 0. The highest BCUT2D eigenvalue weighted by Crippen LogP contribution is 2.28. The molecule has 1 aromatic heterocycles. The van der Waals surface area contributed by atoms with Gasteiger partial charge in [0, 0.05) is 18.1 Å². The second kappa shape index (κ2) is 3.40. The van der Waals surface area contributed by atoms with E-state index in [9.17, 15) is 8.42 Å². The number of H-pyrrole nitrogens is 1. The van der Waals surface area contributed by atoms with Crippen molar-refractivity contribution in [2.75, 3.05) is 6.26 Å². The molecule has 1 rings (SSSR count). The van der Waals surface area contributed by atoms with Crippen LogP contribution in [0.15, 0.2) is 18.3 Å². The summed E-state index contributed by atoms with van der Waals surface area (Å²) in [6.07, 6.45) is 2.93. The molecule has 4 nitrogen and oxygen atoms in total. The van der Waals surface area contributed by atoms with Gasteiger partial charge in [0.15, 0.2) is 9.84 Å². The monoisotopic (exact) mass is 216 g/mol. The average molecular weight is 216 g/mol. The maximum Gasteiger partial charge on any atom is 0.154 e. The van der Waals surface area contributed by atoms with Gasteiger partial charge in [0.25, 0.3) is 0 Å². The number of hydrogen-bond donors (Lipinski definition) is 2. The Balaban J connectivity index is 3.07. The van der Waals surface area contributed by atoms with Gasteiger partial charge in [-0.3, -0.25) is 0 Å². The van der Waals surface area contributed by atoms with Crippen molar-refractivity contribution in [1.29, 1.82) is 0 Å². The van der Waals surface area contributed by atoms with Crippen LogP contribution < -0.4 is 5.73 Å². The van der Waals surface area contributed by atoms with Crippen molar-refractivity contribution in [2.24, 2.45) is 5.73 Å². The van der Waals surface area contributed by atoms with Crippen molar-refractivity contribution in [3.8, 4) is 0 Å². The van der Waals surface area contributed by atoms with E-state index >= 15 is 0 Å². The van der Waals surface area contributed by atoms with Crippen LogP contribution in [-0.2, 0) is 9.84 Å². The van der Waals surface area contributed by atoms with E-state index in [4.69, 9.17) is 5.73 Å². The van der Waals surface area contributed by atoms with E-state index in [1.54, 1.807) is 32.2 Å². The highest BCUT2D eigenvalue weighted by atomic mass is 32.2. The Hall–Kier alpha value is -0.810. The molecule has 5 heteroatoms. The van der Waals surface area contributed by atoms with Crippen molar-refractivity contribution in [3.63, 3.8) is 0 Å². The minimum absolute atomic E-state index is 0.535. The molecule has 1 heterocycles. The Labute approximate surface area is 84.4 Å². The van der Waals surface area contributed by atoms with Gasteiger partial charge in [-0.05, 0) is 26.0 Å². The van der Waals surface area contributed by atoms with E-state index in [2.05, 4.69) is 4.98 Å². The molecule has 0 amide bonds. The minimum atomic E-state index is -3.17. The van der Waals surface area contributed by atoms with Gasteiger partial charge in [-0.1, -0.05) is 0 Å². The Morgan fingerprint density at radius 2 is 2.07 bits per heavy atom. The van der Waals surface area contributed by atoms with Crippen LogP contribution in [-0.4, -0.2) is 24.4 Å². The first-order valence-electron chi connectivity index (χ1n) is 4.35. The van der Waals surface area contributed by atoms with Crippen LogP contribution in [0.3, 0.4) is 0 Å². The normalized spacial score (nSPS) is 15.4. The number of rotatable bonds is 3. The third-order valence-electron chi connectivity index (χ3n) is 2.66. The molecule has 80 valence electrons. The number of nitrogens with one attached hydrogen (secondary N) is 1.